The lowest BCUT2D eigenvalue weighted by Crippen LogP contribution is -2.46. The third-order valence-electron chi connectivity index (χ3n) is 7.26. The molecule has 0 atom stereocenters. The highest BCUT2D eigenvalue weighted by molar-refractivity contribution is 6.47. The van der Waals surface area contributed by atoms with E-state index in [0.717, 1.165) is 43.4 Å². The van der Waals surface area contributed by atoms with Gasteiger partial charge >= 0.3 is 0 Å². The van der Waals surface area contributed by atoms with E-state index in [2.05, 4.69) is 34.2 Å². The van der Waals surface area contributed by atoms with Gasteiger partial charge in [-0.15, -0.1) is 0 Å². The summed E-state index contributed by atoms with van der Waals surface area (Å²) < 4.78 is 6.94. The first-order chi connectivity index (χ1) is 19.8. The van der Waals surface area contributed by atoms with Gasteiger partial charge in [0.05, 0.1) is 6.61 Å². The zero-order chi connectivity index (χ0) is 28.9. The van der Waals surface area contributed by atoms with Gasteiger partial charge in [-0.1, -0.05) is 29.8 Å². The van der Waals surface area contributed by atoms with Gasteiger partial charge in [0.1, 0.15) is 11.5 Å². The number of benzene rings is 2. The van der Waals surface area contributed by atoms with Gasteiger partial charge in [0.2, 0.25) is 0 Å². The second-order valence-corrected chi connectivity index (χ2v) is 10.6. The molecule has 0 unspecified atom stereocenters. The van der Waals surface area contributed by atoms with E-state index in [4.69, 9.17) is 21.3 Å². The molecule has 0 radical (unpaired) electrons. The number of hydrogen-bond acceptors (Lipinski definition) is 6. The first-order valence-corrected chi connectivity index (χ1v) is 14.1. The maximum atomic E-state index is 13.5. The molecule has 8 nitrogen and oxygen atoms in total. The molecule has 0 saturated carbocycles. The normalized spacial score (nSPS) is 13.4. The Morgan fingerprint density at radius 1 is 0.927 bits per heavy atom. The van der Waals surface area contributed by atoms with Gasteiger partial charge in [-0.25, -0.2) is 4.98 Å². The number of ketones is 1. The summed E-state index contributed by atoms with van der Waals surface area (Å²) in [7, 11) is 1.60. The van der Waals surface area contributed by atoms with Gasteiger partial charge in [-0.3, -0.25) is 9.59 Å². The standard InChI is InChI=1S/C32H34ClN5O3/c1-22-20-23(2)34-29(21-22)37-16-14-36(15-17-37)25-10-8-24(9-11-25)35-32(40)31(39)30-27(12-13-38(30)18-19-41-3)26-6-4-5-7-28(26)33/h4-13,20-21H,14-19H2,1-3H3,(H,35,40). The Morgan fingerprint density at radius 2 is 1.63 bits per heavy atom. The molecule has 212 valence electrons. The molecule has 3 heterocycles. The number of nitrogens with zero attached hydrogens (tertiary/aromatic N) is 4. The third kappa shape index (κ3) is 6.45. The van der Waals surface area contributed by atoms with Gasteiger partial charge in [0.25, 0.3) is 11.7 Å². The third-order valence-corrected chi connectivity index (χ3v) is 7.59. The molecule has 5 rings (SSSR count). The lowest BCUT2D eigenvalue weighted by molar-refractivity contribution is -0.112. The van der Waals surface area contributed by atoms with E-state index < -0.39 is 11.7 Å². The van der Waals surface area contributed by atoms with Crippen LogP contribution in [0, 0.1) is 13.8 Å². The van der Waals surface area contributed by atoms with Crippen molar-refractivity contribution in [2.45, 2.75) is 20.4 Å². The number of amides is 1. The van der Waals surface area contributed by atoms with Gasteiger partial charge < -0.3 is 24.4 Å². The Morgan fingerprint density at radius 3 is 2.32 bits per heavy atom. The molecule has 1 saturated heterocycles. The van der Waals surface area contributed by atoms with E-state index in [9.17, 15) is 9.59 Å². The second-order valence-electron chi connectivity index (χ2n) is 10.2. The molecular formula is C32H34ClN5O3. The second kappa shape index (κ2) is 12.6. The molecule has 2 aromatic heterocycles. The Balaban J connectivity index is 1.26. The highest BCUT2D eigenvalue weighted by Gasteiger charge is 2.26. The first-order valence-electron chi connectivity index (χ1n) is 13.7. The minimum absolute atomic E-state index is 0.278. The maximum absolute atomic E-state index is 13.5. The number of halogens is 1. The van der Waals surface area contributed by atoms with E-state index in [1.54, 1.807) is 23.9 Å². The number of nitrogens with one attached hydrogen (secondary N) is 1. The van der Waals surface area contributed by atoms with Crippen LogP contribution >= 0.6 is 11.6 Å². The highest BCUT2D eigenvalue weighted by atomic mass is 35.5. The SMILES string of the molecule is COCCn1ccc(-c2ccccc2Cl)c1C(=O)C(=O)Nc1ccc(N2CCN(c3cc(C)cc(C)n3)CC2)cc1. The number of hydrogen-bond donors (Lipinski definition) is 1. The number of carbonyl (C=O) groups excluding carboxylic acids is 2. The molecule has 4 aromatic rings. The Labute approximate surface area is 245 Å². The van der Waals surface area contributed by atoms with Gasteiger partial charge in [-0.2, -0.15) is 0 Å². The van der Waals surface area contributed by atoms with E-state index in [1.165, 1.54) is 5.56 Å². The van der Waals surface area contributed by atoms with E-state index >= 15 is 0 Å². The molecular weight excluding hydrogens is 538 g/mol. The number of pyridine rings is 1. The molecule has 41 heavy (non-hydrogen) atoms. The molecule has 1 N–H and O–H groups in total. The zero-order valence-corrected chi connectivity index (χ0v) is 24.3. The highest BCUT2D eigenvalue weighted by Crippen LogP contribution is 2.32. The topological polar surface area (TPSA) is 79.7 Å². The maximum Gasteiger partial charge on any atom is 0.298 e. The summed E-state index contributed by atoms with van der Waals surface area (Å²) in [4.78, 5) is 35.9. The van der Waals surface area contributed by atoms with Crippen molar-refractivity contribution in [3.05, 3.63) is 94.9 Å². The average Bonchev–Trinajstić information content (AvgIpc) is 3.39. The van der Waals surface area contributed by atoms with Crippen LogP contribution in [0.5, 0.6) is 0 Å². The van der Waals surface area contributed by atoms with Crippen LogP contribution in [-0.2, 0) is 16.1 Å². The molecule has 1 fully saturated rings. The van der Waals surface area contributed by atoms with Gasteiger partial charge in [-0.05, 0) is 67.9 Å². The van der Waals surface area contributed by atoms with Crippen LogP contribution in [0.2, 0.25) is 5.02 Å². The minimum atomic E-state index is -0.710. The Bertz CT molecular complexity index is 1520. The summed E-state index contributed by atoms with van der Waals surface area (Å²) >= 11 is 6.43. The van der Waals surface area contributed by atoms with E-state index in [1.807, 2.05) is 55.5 Å². The lowest BCUT2D eigenvalue weighted by Gasteiger charge is -2.37. The van der Waals surface area contributed by atoms with Crippen LogP contribution in [0.15, 0.2) is 72.9 Å². The number of rotatable bonds is 9. The number of anilines is 3. The van der Waals surface area contributed by atoms with Crippen LogP contribution in [0.1, 0.15) is 21.7 Å². The summed E-state index contributed by atoms with van der Waals surface area (Å²) in [5, 5.41) is 3.28. The van der Waals surface area contributed by atoms with E-state index in [0.29, 0.717) is 35.0 Å². The van der Waals surface area contributed by atoms with Crippen LogP contribution in [-0.4, -0.2) is 61.1 Å². The molecule has 1 aliphatic heterocycles. The fourth-order valence-corrected chi connectivity index (χ4v) is 5.46. The molecule has 0 spiro atoms. The zero-order valence-electron chi connectivity index (χ0n) is 23.6. The van der Waals surface area contributed by atoms with Crippen LogP contribution < -0.4 is 15.1 Å². The van der Waals surface area contributed by atoms with Crippen molar-refractivity contribution in [3.63, 3.8) is 0 Å². The number of Topliss-reactive ketones (excluding diaryl/α,β-unsaturated/α-hetero) is 1. The number of carbonyl (C=O) groups is 2. The van der Waals surface area contributed by atoms with Crippen LogP contribution in [0.25, 0.3) is 11.1 Å². The first kappa shape index (κ1) is 28.4. The summed E-state index contributed by atoms with van der Waals surface area (Å²) in [5.41, 5.74) is 5.45. The van der Waals surface area contributed by atoms with Crippen molar-refractivity contribution >= 4 is 40.5 Å². The predicted octanol–water partition coefficient (Wildman–Crippen LogP) is 5.61. The molecule has 9 heteroatoms. The van der Waals surface area contributed by atoms with Gasteiger partial charge in [0.15, 0.2) is 0 Å². The number of piperazine rings is 1. The quantitative estimate of drug-likeness (QED) is 0.208. The van der Waals surface area contributed by atoms with Crippen LogP contribution in [0.3, 0.4) is 0 Å². The largest absolute Gasteiger partial charge is 0.383 e. The van der Waals surface area contributed by atoms with E-state index in [-0.39, 0.29) is 5.69 Å². The summed E-state index contributed by atoms with van der Waals surface area (Å²) in [6.45, 7) is 8.42. The van der Waals surface area contributed by atoms with Crippen LogP contribution in [0.4, 0.5) is 17.2 Å². The summed E-state index contributed by atoms with van der Waals surface area (Å²) in [6, 6.07) is 20.9. The van der Waals surface area contributed by atoms with Crippen molar-refractivity contribution in [2.24, 2.45) is 0 Å². The molecule has 0 aliphatic carbocycles. The summed E-state index contributed by atoms with van der Waals surface area (Å²) in [6.07, 6.45) is 1.78. The Kier molecular flexibility index (Phi) is 8.71. The molecule has 2 aromatic carbocycles. The average molecular weight is 572 g/mol. The predicted molar refractivity (Wildman–Crippen MR) is 164 cm³/mol. The minimum Gasteiger partial charge on any atom is -0.383 e. The van der Waals surface area contributed by atoms with Crippen molar-refractivity contribution < 1.29 is 14.3 Å². The van der Waals surface area contributed by atoms with Crippen molar-refractivity contribution in [2.75, 3.05) is 55.0 Å². The summed E-state index contributed by atoms with van der Waals surface area (Å²) in [5.74, 6) is -0.324. The fourth-order valence-electron chi connectivity index (χ4n) is 5.23. The number of methoxy groups -OCH3 is 1. The number of aromatic nitrogens is 2. The number of ether oxygens (including phenoxy) is 1. The van der Waals surface area contributed by atoms with Crippen molar-refractivity contribution in [1.29, 1.82) is 0 Å². The number of aryl methyl sites for hydroxylation is 2. The molecule has 1 aliphatic rings. The molecule has 0 bridgehead atoms. The van der Waals surface area contributed by atoms with Crippen molar-refractivity contribution in [1.82, 2.24) is 9.55 Å². The van der Waals surface area contributed by atoms with Gasteiger partial charge in [0, 0.05) is 79.2 Å². The lowest BCUT2D eigenvalue weighted by atomic mass is 10.0. The smallest absolute Gasteiger partial charge is 0.298 e. The molecule has 1 amide bonds. The monoisotopic (exact) mass is 571 g/mol. The fraction of sp³-hybridized carbons (Fsp3) is 0.281. The Hall–Kier alpha value is -4.14. The van der Waals surface area contributed by atoms with Crippen molar-refractivity contribution in [3.8, 4) is 11.1 Å².